The molecule has 5 nitrogen and oxygen atoms in total. The zero-order valence-electron chi connectivity index (χ0n) is 10.9. The quantitative estimate of drug-likeness (QED) is 0.314. The van der Waals surface area contributed by atoms with Crippen LogP contribution in [0.15, 0.2) is 0 Å². The SMILES string of the molecule is C#CCCC[C@]1(OC)CC[C@@H](CC(=O)OC)OO1. The summed E-state index contributed by atoms with van der Waals surface area (Å²) in [5.41, 5.74) is 0. The van der Waals surface area contributed by atoms with Crippen LogP contribution in [0.1, 0.15) is 38.5 Å². The summed E-state index contributed by atoms with van der Waals surface area (Å²) in [5, 5.41) is 0. The van der Waals surface area contributed by atoms with E-state index in [0.29, 0.717) is 25.7 Å². The van der Waals surface area contributed by atoms with Gasteiger partial charge in [-0.05, 0) is 12.8 Å². The molecule has 5 heteroatoms. The van der Waals surface area contributed by atoms with Gasteiger partial charge in [0.05, 0.1) is 13.5 Å². The highest BCUT2D eigenvalue weighted by atomic mass is 17.2. The van der Waals surface area contributed by atoms with E-state index in [1.54, 1.807) is 7.11 Å². The summed E-state index contributed by atoms with van der Waals surface area (Å²) in [5.74, 6) is 1.54. The molecule has 1 rings (SSSR count). The minimum atomic E-state index is -0.733. The predicted octanol–water partition coefficient (Wildman–Crippen LogP) is 1.81. The molecule has 0 N–H and O–H groups in total. The van der Waals surface area contributed by atoms with Gasteiger partial charge < -0.3 is 9.47 Å². The topological polar surface area (TPSA) is 54.0 Å². The highest BCUT2D eigenvalue weighted by Crippen LogP contribution is 2.33. The minimum Gasteiger partial charge on any atom is -0.469 e. The number of hydrogen-bond acceptors (Lipinski definition) is 5. The Bertz CT molecular complexity index is 299. The molecular weight excluding hydrogens is 236 g/mol. The number of hydrogen-bond donors (Lipinski definition) is 0. The van der Waals surface area contributed by atoms with Gasteiger partial charge in [0, 0.05) is 26.4 Å². The predicted molar refractivity (Wildman–Crippen MR) is 64.2 cm³/mol. The van der Waals surface area contributed by atoms with Gasteiger partial charge in [-0.1, -0.05) is 0 Å². The molecule has 0 aromatic rings. The van der Waals surface area contributed by atoms with E-state index in [4.69, 9.17) is 20.9 Å². The fraction of sp³-hybridized carbons (Fsp3) is 0.769. The third-order valence-electron chi connectivity index (χ3n) is 3.06. The van der Waals surface area contributed by atoms with Crippen molar-refractivity contribution >= 4 is 5.97 Å². The maximum Gasteiger partial charge on any atom is 0.308 e. The number of carbonyl (C=O) groups excluding carboxylic acids is 1. The maximum absolute atomic E-state index is 11.1. The molecule has 0 aromatic carbocycles. The molecule has 1 fully saturated rings. The smallest absolute Gasteiger partial charge is 0.308 e. The second kappa shape index (κ2) is 7.37. The monoisotopic (exact) mass is 256 g/mol. The lowest BCUT2D eigenvalue weighted by Crippen LogP contribution is -2.42. The molecule has 0 bridgehead atoms. The lowest BCUT2D eigenvalue weighted by atomic mass is 9.99. The van der Waals surface area contributed by atoms with Crippen molar-refractivity contribution in [1.82, 2.24) is 0 Å². The Kier molecular flexibility index (Phi) is 6.13. The van der Waals surface area contributed by atoms with Crippen molar-refractivity contribution in [3.8, 4) is 12.3 Å². The summed E-state index contributed by atoms with van der Waals surface area (Å²) in [6.07, 6.45) is 8.68. The summed E-state index contributed by atoms with van der Waals surface area (Å²) in [7, 11) is 2.94. The molecule has 0 amide bonds. The van der Waals surface area contributed by atoms with E-state index < -0.39 is 5.79 Å². The summed E-state index contributed by atoms with van der Waals surface area (Å²) in [6, 6.07) is 0. The summed E-state index contributed by atoms with van der Waals surface area (Å²) < 4.78 is 9.96. The first-order valence-corrected chi connectivity index (χ1v) is 6.05. The fourth-order valence-corrected chi connectivity index (χ4v) is 1.90. The summed E-state index contributed by atoms with van der Waals surface area (Å²) >= 11 is 0. The third-order valence-corrected chi connectivity index (χ3v) is 3.06. The van der Waals surface area contributed by atoms with Gasteiger partial charge in [-0.15, -0.1) is 12.3 Å². The summed E-state index contributed by atoms with van der Waals surface area (Å²) in [4.78, 5) is 21.6. The van der Waals surface area contributed by atoms with E-state index in [-0.39, 0.29) is 18.5 Å². The molecule has 1 saturated heterocycles. The van der Waals surface area contributed by atoms with E-state index in [9.17, 15) is 4.79 Å². The fourth-order valence-electron chi connectivity index (χ4n) is 1.90. The third kappa shape index (κ3) is 4.30. The van der Waals surface area contributed by atoms with Crippen molar-refractivity contribution in [3.05, 3.63) is 0 Å². The normalized spacial score (nSPS) is 27.5. The molecule has 2 atom stereocenters. The van der Waals surface area contributed by atoms with Crippen LogP contribution in [0, 0.1) is 12.3 Å². The second-order valence-electron chi connectivity index (χ2n) is 4.29. The van der Waals surface area contributed by atoms with Crippen molar-refractivity contribution in [3.63, 3.8) is 0 Å². The van der Waals surface area contributed by atoms with Crippen molar-refractivity contribution in [2.24, 2.45) is 0 Å². The molecule has 18 heavy (non-hydrogen) atoms. The number of methoxy groups -OCH3 is 2. The highest BCUT2D eigenvalue weighted by molar-refractivity contribution is 5.69. The number of rotatable bonds is 6. The Balaban J connectivity index is 2.39. The average molecular weight is 256 g/mol. The van der Waals surface area contributed by atoms with Gasteiger partial charge in [0.1, 0.15) is 6.10 Å². The van der Waals surface area contributed by atoms with E-state index in [1.807, 2.05) is 0 Å². The number of carbonyl (C=O) groups is 1. The van der Waals surface area contributed by atoms with E-state index in [2.05, 4.69) is 10.7 Å². The van der Waals surface area contributed by atoms with E-state index in [0.717, 1.165) is 6.42 Å². The van der Waals surface area contributed by atoms with Crippen LogP contribution in [0.3, 0.4) is 0 Å². The molecule has 0 aliphatic carbocycles. The highest BCUT2D eigenvalue weighted by Gasteiger charge is 2.38. The molecule has 0 unspecified atom stereocenters. The van der Waals surface area contributed by atoms with E-state index >= 15 is 0 Å². The Morgan fingerprint density at radius 3 is 2.83 bits per heavy atom. The molecule has 1 aliphatic heterocycles. The Labute approximate surface area is 108 Å². The number of esters is 1. The van der Waals surface area contributed by atoms with Gasteiger partial charge in [-0.25, -0.2) is 9.78 Å². The van der Waals surface area contributed by atoms with Crippen LogP contribution in [0.2, 0.25) is 0 Å². The van der Waals surface area contributed by atoms with Crippen molar-refractivity contribution in [2.75, 3.05) is 14.2 Å². The Hall–Kier alpha value is -1.09. The standard InChI is InChI=1S/C13H20O5/c1-4-5-6-8-13(16-3)9-7-11(17-18-13)10-12(14)15-2/h1,11H,5-10H2,2-3H3/t11-,13+/m0/s1. The van der Waals surface area contributed by atoms with Crippen LogP contribution in [-0.2, 0) is 24.0 Å². The van der Waals surface area contributed by atoms with Crippen molar-refractivity contribution < 1.29 is 24.0 Å². The first kappa shape index (κ1) is 15.0. The molecule has 0 aromatic heterocycles. The molecule has 0 spiro atoms. The second-order valence-corrected chi connectivity index (χ2v) is 4.29. The lowest BCUT2D eigenvalue weighted by Gasteiger charge is -2.37. The number of ether oxygens (including phenoxy) is 2. The van der Waals surface area contributed by atoms with Crippen LogP contribution >= 0.6 is 0 Å². The number of unbranched alkanes of at least 4 members (excludes halogenated alkanes) is 1. The molecule has 102 valence electrons. The number of terminal acetylenes is 1. The maximum atomic E-state index is 11.1. The average Bonchev–Trinajstić information content (AvgIpc) is 2.41. The van der Waals surface area contributed by atoms with Crippen LogP contribution in [0.5, 0.6) is 0 Å². The van der Waals surface area contributed by atoms with Gasteiger partial charge in [0.25, 0.3) is 0 Å². The van der Waals surface area contributed by atoms with Crippen LogP contribution in [0.25, 0.3) is 0 Å². The van der Waals surface area contributed by atoms with Gasteiger partial charge >= 0.3 is 5.97 Å². The van der Waals surface area contributed by atoms with Crippen molar-refractivity contribution in [1.29, 1.82) is 0 Å². The Morgan fingerprint density at radius 2 is 2.33 bits per heavy atom. The van der Waals surface area contributed by atoms with Gasteiger partial charge in [-0.3, -0.25) is 4.79 Å². The van der Waals surface area contributed by atoms with E-state index in [1.165, 1.54) is 7.11 Å². The largest absolute Gasteiger partial charge is 0.469 e. The zero-order valence-corrected chi connectivity index (χ0v) is 10.9. The lowest BCUT2D eigenvalue weighted by molar-refractivity contribution is -0.466. The van der Waals surface area contributed by atoms with Crippen LogP contribution < -0.4 is 0 Å². The van der Waals surface area contributed by atoms with Crippen molar-refractivity contribution in [2.45, 2.75) is 50.4 Å². The molecular formula is C13H20O5. The van der Waals surface area contributed by atoms with Crippen LogP contribution in [0.4, 0.5) is 0 Å². The molecule has 1 heterocycles. The summed E-state index contributed by atoms with van der Waals surface area (Å²) in [6.45, 7) is 0. The molecule has 1 aliphatic rings. The van der Waals surface area contributed by atoms with Gasteiger partial charge in [0.2, 0.25) is 5.79 Å². The van der Waals surface area contributed by atoms with Gasteiger partial charge in [0.15, 0.2) is 0 Å². The Morgan fingerprint density at radius 1 is 1.56 bits per heavy atom. The first-order valence-electron chi connectivity index (χ1n) is 6.05. The minimum absolute atomic E-state index is 0.195. The zero-order chi connectivity index (χ0) is 13.4. The van der Waals surface area contributed by atoms with Gasteiger partial charge in [-0.2, -0.15) is 0 Å². The first-order chi connectivity index (χ1) is 8.65. The molecule has 0 saturated carbocycles. The van der Waals surface area contributed by atoms with Crippen LogP contribution in [-0.4, -0.2) is 32.1 Å². The molecule has 0 radical (unpaired) electrons.